The van der Waals surface area contributed by atoms with Crippen molar-refractivity contribution in [3.63, 3.8) is 0 Å². The molecule has 0 fully saturated rings. The second kappa shape index (κ2) is 11.4. The van der Waals surface area contributed by atoms with Gasteiger partial charge in [0, 0.05) is 24.2 Å². The predicted octanol–water partition coefficient (Wildman–Crippen LogP) is 4.64. The minimum atomic E-state index is -0.782. The first-order chi connectivity index (χ1) is 16.3. The number of hydrogen-bond donors (Lipinski definition) is 2. The summed E-state index contributed by atoms with van der Waals surface area (Å²) in [6.07, 6.45) is -1.20. The fourth-order valence-electron chi connectivity index (χ4n) is 3.00. The van der Waals surface area contributed by atoms with E-state index in [9.17, 15) is 9.59 Å². The van der Waals surface area contributed by atoms with Gasteiger partial charge < -0.3 is 15.8 Å². The van der Waals surface area contributed by atoms with Crippen LogP contribution in [0.25, 0.3) is 0 Å². The molecule has 186 valence electrons. The lowest BCUT2D eigenvalue weighted by atomic mass is 10.0. The quantitative estimate of drug-likeness (QED) is 0.269. The summed E-state index contributed by atoms with van der Waals surface area (Å²) >= 11 is 0. The Hall–Kier alpha value is -4.06. The Morgan fingerprint density at radius 1 is 1.06 bits per heavy atom. The standard InChI is InChI=1S/C26H33N5O4/c1-25(2,3)31(24(33)34-26(4,5)6)17-20-11-8-12-21(14-20)22(28)30-35-23(32)29-16-19-10-7-9-18(13-19)15-27/h7-14H,16-17H2,1-6H3,(H2,28,30)(H,29,32). The molecule has 0 aliphatic rings. The van der Waals surface area contributed by atoms with Crippen LogP contribution in [-0.2, 0) is 22.7 Å². The Morgan fingerprint density at radius 3 is 2.34 bits per heavy atom. The van der Waals surface area contributed by atoms with Crippen LogP contribution in [0.2, 0.25) is 0 Å². The summed E-state index contributed by atoms with van der Waals surface area (Å²) in [4.78, 5) is 31.3. The van der Waals surface area contributed by atoms with Crippen LogP contribution >= 0.6 is 0 Å². The van der Waals surface area contributed by atoms with Gasteiger partial charge >= 0.3 is 12.2 Å². The van der Waals surface area contributed by atoms with E-state index in [0.717, 1.165) is 11.1 Å². The number of amides is 2. The van der Waals surface area contributed by atoms with Crippen molar-refractivity contribution >= 4 is 18.0 Å². The maximum atomic E-state index is 12.8. The lowest BCUT2D eigenvalue weighted by Gasteiger charge is -2.37. The number of carbonyl (C=O) groups is 2. The Labute approximate surface area is 206 Å². The summed E-state index contributed by atoms with van der Waals surface area (Å²) < 4.78 is 5.57. The SMILES string of the molecule is CC(C)(C)OC(=O)N(Cc1cccc(C(N)=NOC(=O)NCc2cccc(C#N)c2)c1)C(C)(C)C. The third kappa shape index (κ3) is 9.01. The van der Waals surface area contributed by atoms with Crippen LogP contribution in [0.4, 0.5) is 9.59 Å². The van der Waals surface area contributed by atoms with Crippen molar-refractivity contribution < 1.29 is 19.2 Å². The molecule has 0 heterocycles. The highest BCUT2D eigenvalue weighted by Crippen LogP contribution is 2.22. The summed E-state index contributed by atoms with van der Waals surface area (Å²) in [5.74, 6) is 0.00746. The molecule has 0 spiro atoms. The molecule has 0 atom stereocenters. The Morgan fingerprint density at radius 2 is 1.71 bits per heavy atom. The zero-order chi connectivity index (χ0) is 26.2. The molecule has 0 radical (unpaired) electrons. The molecule has 0 aromatic heterocycles. The van der Waals surface area contributed by atoms with Crippen molar-refractivity contribution in [1.82, 2.24) is 10.2 Å². The van der Waals surface area contributed by atoms with Gasteiger partial charge in [-0.2, -0.15) is 5.26 Å². The molecule has 35 heavy (non-hydrogen) atoms. The molecule has 2 amide bonds. The van der Waals surface area contributed by atoms with Crippen LogP contribution in [0.1, 0.15) is 63.8 Å². The number of carbonyl (C=O) groups excluding carboxylic acids is 2. The van der Waals surface area contributed by atoms with Crippen LogP contribution in [0, 0.1) is 11.3 Å². The number of ether oxygens (including phenoxy) is 1. The minimum absolute atomic E-state index is 0.00746. The number of nitriles is 1. The molecule has 9 nitrogen and oxygen atoms in total. The molecule has 2 aromatic carbocycles. The van der Waals surface area contributed by atoms with E-state index in [1.54, 1.807) is 47.4 Å². The summed E-state index contributed by atoms with van der Waals surface area (Å²) in [5, 5.41) is 15.2. The number of rotatable bonds is 6. The van der Waals surface area contributed by atoms with Crippen LogP contribution in [-0.4, -0.2) is 34.1 Å². The third-order valence-electron chi connectivity index (χ3n) is 4.71. The van der Waals surface area contributed by atoms with E-state index in [1.807, 2.05) is 53.7 Å². The Kier molecular flexibility index (Phi) is 8.84. The highest BCUT2D eigenvalue weighted by molar-refractivity contribution is 5.97. The number of amidine groups is 1. The highest BCUT2D eigenvalue weighted by atomic mass is 16.7. The minimum Gasteiger partial charge on any atom is -0.444 e. The molecule has 3 N–H and O–H groups in total. The number of nitrogens with zero attached hydrogens (tertiary/aromatic N) is 3. The highest BCUT2D eigenvalue weighted by Gasteiger charge is 2.30. The smallest absolute Gasteiger partial charge is 0.433 e. The normalized spacial score (nSPS) is 11.9. The number of nitrogens with two attached hydrogens (primary N) is 1. The van der Waals surface area contributed by atoms with Gasteiger partial charge in [-0.1, -0.05) is 35.5 Å². The van der Waals surface area contributed by atoms with Gasteiger partial charge in [0.2, 0.25) is 0 Å². The molecule has 0 unspecified atom stereocenters. The first-order valence-electron chi connectivity index (χ1n) is 11.2. The molecule has 0 aliphatic heterocycles. The Bertz CT molecular complexity index is 1120. The van der Waals surface area contributed by atoms with Crippen LogP contribution < -0.4 is 11.1 Å². The van der Waals surface area contributed by atoms with Crippen molar-refractivity contribution in [3.05, 3.63) is 70.8 Å². The van der Waals surface area contributed by atoms with Gasteiger partial charge in [0.1, 0.15) is 5.60 Å². The molecule has 2 aromatic rings. The van der Waals surface area contributed by atoms with Crippen LogP contribution in [0.15, 0.2) is 53.7 Å². The van der Waals surface area contributed by atoms with E-state index in [0.29, 0.717) is 17.7 Å². The fourth-order valence-corrected chi connectivity index (χ4v) is 3.00. The largest absolute Gasteiger partial charge is 0.444 e. The van der Waals surface area contributed by atoms with Crippen molar-refractivity contribution in [1.29, 1.82) is 5.26 Å². The number of oxime groups is 1. The van der Waals surface area contributed by atoms with Crippen LogP contribution in [0.5, 0.6) is 0 Å². The molecule has 9 heteroatoms. The Balaban J connectivity index is 2.05. The summed E-state index contributed by atoms with van der Waals surface area (Å²) in [6, 6.07) is 16.0. The van der Waals surface area contributed by atoms with Gasteiger partial charge in [0.15, 0.2) is 5.84 Å². The van der Waals surface area contributed by atoms with Gasteiger partial charge in [0.05, 0.1) is 11.6 Å². The lowest BCUT2D eigenvalue weighted by molar-refractivity contribution is 0.00370. The van der Waals surface area contributed by atoms with E-state index in [-0.39, 0.29) is 12.4 Å². The van der Waals surface area contributed by atoms with Crippen LogP contribution in [0.3, 0.4) is 0 Å². The summed E-state index contributed by atoms with van der Waals surface area (Å²) in [6.45, 7) is 11.7. The molecule has 0 bridgehead atoms. The number of nitrogens with one attached hydrogen (secondary N) is 1. The third-order valence-corrected chi connectivity index (χ3v) is 4.71. The predicted molar refractivity (Wildman–Crippen MR) is 133 cm³/mol. The number of hydrogen-bond acceptors (Lipinski definition) is 6. The van der Waals surface area contributed by atoms with Crippen molar-refractivity contribution in [2.45, 2.75) is 65.8 Å². The lowest BCUT2D eigenvalue weighted by Crippen LogP contribution is -2.47. The second-order valence-electron chi connectivity index (χ2n) is 9.96. The second-order valence-corrected chi connectivity index (χ2v) is 9.96. The number of benzene rings is 2. The maximum absolute atomic E-state index is 12.8. The first-order valence-corrected chi connectivity index (χ1v) is 11.2. The first kappa shape index (κ1) is 27.2. The van der Waals surface area contributed by atoms with Gasteiger partial charge in [-0.15, -0.1) is 0 Å². The molecule has 0 saturated heterocycles. The zero-order valence-corrected chi connectivity index (χ0v) is 21.1. The average molecular weight is 480 g/mol. The molecule has 0 aliphatic carbocycles. The summed E-state index contributed by atoms with van der Waals surface area (Å²) in [7, 11) is 0. The van der Waals surface area contributed by atoms with Crippen molar-refractivity contribution in [2.75, 3.05) is 0 Å². The molecular formula is C26H33N5O4. The van der Waals surface area contributed by atoms with Gasteiger partial charge in [-0.25, -0.2) is 9.59 Å². The molecule has 0 saturated carbocycles. The average Bonchev–Trinajstić information content (AvgIpc) is 2.78. The van der Waals surface area contributed by atoms with Gasteiger partial charge in [-0.05, 0) is 70.9 Å². The van der Waals surface area contributed by atoms with E-state index in [4.69, 9.17) is 20.6 Å². The van der Waals surface area contributed by atoms with Gasteiger partial charge in [0.25, 0.3) is 0 Å². The summed E-state index contributed by atoms with van der Waals surface area (Å²) in [5.41, 5.74) is 7.52. The fraction of sp³-hybridized carbons (Fsp3) is 0.385. The van der Waals surface area contributed by atoms with E-state index >= 15 is 0 Å². The molecular weight excluding hydrogens is 446 g/mol. The van der Waals surface area contributed by atoms with Gasteiger partial charge in [-0.3, -0.25) is 9.74 Å². The topological polar surface area (TPSA) is 130 Å². The van der Waals surface area contributed by atoms with E-state index in [1.165, 1.54) is 0 Å². The maximum Gasteiger partial charge on any atom is 0.433 e. The molecule has 2 rings (SSSR count). The van der Waals surface area contributed by atoms with Crippen molar-refractivity contribution in [3.8, 4) is 6.07 Å². The van der Waals surface area contributed by atoms with Crippen molar-refractivity contribution in [2.24, 2.45) is 10.9 Å². The van der Waals surface area contributed by atoms with E-state index < -0.39 is 23.3 Å². The van der Waals surface area contributed by atoms with E-state index in [2.05, 4.69) is 10.5 Å². The monoisotopic (exact) mass is 479 g/mol. The zero-order valence-electron chi connectivity index (χ0n) is 21.1.